The molecule has 1 heterocycles. The van der Waals surface area contributed by atoms with Crippen molar-refractivity contribution in [3.63, 3.8) is 0 Å². The lowest BCUT2D eigenvalue weighted by atomic mass is 10.2. The van der Waals surface area contributed by atoms with Gasteiger partial charge in [0.05, 0.1) is 10.7 Å². The van der Waals surface area contributed by atoms with Gasteiger partial charge in [0.2, 0.25) is 5.76 Å². The molecule has 5 nitrogen and oxygen atoms in total. The number of aromatic nitrogens is 1. The smallest absolute Gasteiger partial charge is 0.291 e. The fraction of sp³-hybridized carbons (Fsp3) is 0.583. The van der Waals surface area contributed by atoms with E-state index in [4.69, 9.17) is 22.4 Å². The predicted molar refractivity (Wildman–Crippen MR) is 73.4 cm³/mol. The van der Waals surface area contributed by atoms with Crippen molar-refractivity contribution >= 4 is 23.1 Å². The van der Waals surface area contributed by atoms with Crippen LogP contribution in [0.25, 0.3) is 0 Å². The van der Waals surface area contributed by atoms with Gasteiger partial charge >= 0.3 is 0 Å². The van der Waals surface area contributed by atoms with Crippen molar-refractivity contribution in [2.45, 2.75) is 27.2 Å². The van der Waals surface area contributed by atoms with Crippen LogP contribution in [-0.4, -0.2) is 33.9 Å². The molecule has 2 N–H and O–H groups in total. The second-order valence-corrected chi connectivity index (χ2v) is 5.15. The molecule has 0 bridgehead atoms. The first kappa shape index (κ1) is 14.6. The van der Waals surface area contributed by atoms with E-state index in [1.54, 1.807) is 11.8 Å². The minimum atomic E-state index is -0.157. The zero-order valence-electron chi connectivity index (χ0n) is 11.0. The van der Waals surface area contributed by atoms with Gasteiger partial charge in [-0.25, -0.2) is 4.98 Å². The van der Waals surface area contributed by atoms with Crippen LogP contribution in [0.5, 0.6) is 0 Å². The van der Waals surface area contributed by atoms with Crippen LogP contribution >= 0.6 is 12.2 Å². The standard InChI is InChI=1S/C12H19N3O2S/c1-8(2)6-15(5-4-10(13)18)12(16)11-9(3)14-7-17-11/h7-8H,4-6H2,1-3H3,(H2,13,18). The molecule has 0 aliphatic carbocycles. The molecule has 1 rings (SSSR count). The van der Waals surface area contributed by atoms with E-state index in [9.17, 15) is 4.79 Å². The van der Waals surface area contributed by atoms with Crippen molar-refractivity contribution in [3.05, 3.63) is 17.8 Å². The van der Waals surface area contributed by atoms with Crippen LogP contribution in [0.3, 0.4) is 0 Å². The third-order valence-electron chi connectivity index (χ3n) is 2.44. The maximum Gasteiger partial charge on any atom is 0.291 e. The first-order valence-corrected chi connectivity index (χ1v) is 6.30. The predicted octanol–water partition coefficient (Wildman–Crippen LogP) is 1.76. The molecule has 6 heteroatoms. The van der Waals surface area contributed by atoms with E-state index < -0.39 is 0 Å². The van der Waals surface area contributed by atoms with Gasteiger partial charge < -0.3 is 15.1 Å². The molecular formula is C12H19N3O2S. The van der Waals surface area contributed by atoms with Gasteiger partial charge in [0.15, 0.2) is 6.39 Å². The molecule has 0 spiro atoms. The molecule has 1 aromatic rings. The molecule has 18 heavy (non-hydrogen) atoms. The van der Waals surface area contributed by atoms with Gasteiger partial charge in [0.1, 0.15) is 0 Å². The Morgan fingerprint density at radius 2 is 2.28 bits per heavy atom. The first-order chi connectivity index (χ1) is 8.41. The molecule has 0 aliphatic rings. The summed E-state index contributed by atoms with van der Waals surface area (Å²) < 4.78 is 5.13. The monoisotopic (exact) mass is 269 g/mol. The number of rotatable bonds is 6. The second kappa shape index (κ2) is 6.49. The van der Waals surface area contributed by atoms with E-state index in [1.807, 2.05) is 13.8 Å². The van der Waals surface area contributed by atoms with Gasteiger partial charge in [-0.05, 0) is 12.8 Å². The third-order valence-corrected chi connectivity index (χ3v) is 2.64. The lowest BCUT2D eigenvalue weighted by Crippen LogP contribution is -2.36. The van der Waals surface area contributed by atoms with Crippen LogP contribution in [-0.2, 0) is 0 Å². The summed E-state index contributed by atoms with van der Waals surface area (Å²) in [5, 5.41) is 0. The van der Waals surface area contributed by atoms with Gasteiger partial charge in [-0.2, -0.15) is 0 Å². The zero-order valence-corrected chi connectivity index (χ0v) is 11.8. The number of nitrogens with two attached hydrogens (primary N) is 1. The summed E-state index contributed by atoms with van der Waals surface area (Å²) in [6.07, 6.45) is 1.80. The Morgan fingerprint density at radius 1 is 1.61 bits per heavy atom. The van der Waals surface area contributed by atoms with Crippen molar-refractivity contribution in [2.24, 2.45) is 11.7 Å². The van der Waals surface area contributed by atoms with Crippen molar-refractivity contribution < 1.29 is 9.21 Å². The van der Waals surface area contributed by atoms with Crippen molar-refractivity contribution in [2.75, 3.05) is 13.1 Å². The Kier molecular flexibility index (Phi) is 5.27. The highest BCUT2D eigenvalue weighted by atomic mass is 32.1. The summed E-state index contributed by atoms with van der Waals surface area (Å²) in [6, 6.07) is 0. The topological polar surface area (TPSA) is 72.4 Å². The number of carbonyl (C=O) groups is 1. The Morgan fingerprint density at radius 3 is 2.72 bits per heavy atom. The number of oxazole rings is 1. The Labute approximate surface area is 112 Å². The number of amides is 1. The first-order valence-electron chi connectivity index (χ1n) is 5.89. The van der Waals surface area contributed by atoms with Crippen molar-refractivity contribution in [3.8, 4) is 0 Å². The second-order valence-electron chi connectivity index (χ2n) is 4.63. The fourth-order valence-corrected chi connectivity index (χ4v) is 1.70. The minimum Gasteiger partial charge on any atom is -0.438 e. The van der Waals surface area contributed by atoms with Gasteiger partial charge in [-0.1, -0.05) is 26.1 Å². The molecule has 0 radical (unpaired) electrons. The molecule has 0 aromatic carbocycles. The van der Waals surface area contributed by atoms with Gasteiger partial charge in [-0.3, -0.25) is 4.79 Å². The Balaban J connectivity index is 2.78. The summed E-state index contributed by atoms with van der Waals surface area (Å²) in [6.45, 7) is 6.99. The minimum absolute atomic E-state index is 0.157. The zero-order chi connectivity index (χ0) is 13.7. The van der Waals surface area contributed by atoms with Gasteiger partial charge in [-0.15, -0.1) is 0 Å². The average molecular weight is 269 g/mol. The van der Waals surface area contributed by atoms with Crippen LogP contribution in [0, 0.1) is 12.8 Å². The number of hydrogen-bond acceptors (Lipinski definition) is 4. The highest BCUT2D eigenvalue weighted by molar-refractivity contribution is 7.80. The number of aryl methyl sites for hydroxylation is 1. The summed E-state index contributed by atoms with van der Waals surface area (Å²) in [5.74, 6) is 0.497. The summed E-state index contributed by atoms with van der Waals surface area (Å²) in [4.78, 5) is 18.3. The van der Waals surface area contributed by atoms with E-state index in [0.29, 0.717) is 41.9 Å². The van der Waals surface area contributed by atoms with Crippen LogP contribution in [0.15, 0.2) is 10.8 Å². The van der Waals surface area contributed by atoms with E-state index >= 15 is 0 Å². The fourth-order valence-electron chi connectivity index (χ4n) is 1.61. The Bertz CT molecular complexity index is 429. The molecular weight excluding hydrogens is 250 g/mol. The molecule has 0 saturated heterocycles. The largest absolute Gasteiger partial charge is 0.438 e. The number of thiocarbonyl (C=S) groups is 1. The maximum absolute atomic E-state index is 12.3. The lowest BCUT2D eigenvalue weighted by molar-refractivity contribution is 0.0708. The molecule has 1 aromatic heterocycles. The quantitative estimate of drug-likeness (QED) is 0.797. The van der Waals surface area contributed by atoms with Crippen molar-refractivity contribution in [1.29, 1.82) is 0 Å². The SMILES string of the molecule is Cc1ncoc1C(=O)N(CCC(N)=S)CC(C)C. The molecule has 0 saturated carbocycles. The normalized spacial score (nSPS) is 10.7. The molecule has 0 unspecified atom stereocenters. The van der Waals surface area contributed by atoms with E-state index in [2.05, 4.69) is 4.98 Å². The number of nitrogens with zero attached hydrogens (tertiary/aromatic N) is 2. The highest BCUT2D eigenvalue weighted by Gasteiger charge is 2.22. The summed E-state index contributed by atoms with van der Waals surface area (Å²) in [5.41, 5.74) is 6.08. The molecule has 0 aliphatic heterocycles. The third kappa shape index (κ3) is 4.10. The molecule has 1 amide bonds. The maximum atomic E-state index is 12.3. The van der Waals surface area contributed by atoms with Gasteiger partial charge in [0.25, 0.3) is 5.91 Å². The van der Waals surface area contributed by atoms with Crippen molar-refractivity contribution in [1.82, 2.24) is 9.88 Å². The molecule has 100 valence electrons. The summed E-state index contributed by atoms with van der Waals surface area (Å²) >= 11 is 4.84. The Hall–Kier alpha value is -1.43. The highest BCUT2D eigenvalue weighted by Crippen LogP contribution is 2.11. The lowest BCUT2D eigenvalue weighted by Gasteiger charge is -2.23. The van der Waals surface area contributed by atoms with Crippen LogP contribution in [0.1, 0.15) is 36.5 Å². The van der Waals surface area contributed by atoms with Crippen LogP contribution < -0.4 is 5.73 Å². The van der Waals surface area contributed by atoms with E-state index in [1.165, 1.54) is 6.39 Å². The number of hydrogen-bond donors (Lipinski definition) is 1. The van der Waals surface area contributed by atoms with E-state index in [-0.39, 0.29) is 5.91 Å². The van der Waals surface area contributed by atoms with Crippen LogP contribution in [0.4, 0.5) is 0 Å². The van der Waals surface area contributed by atoms with E-state index in [0.717, 1.165) is 0 Å². The van der Waals surface area contributed by atoms with Gasteiger partial charge in [0, 0.05) is 19.5 Å². The number of carbonyl (C=O) groups excluding carboxylic acids is 1. The molecule has 0 atom stereocenters. The molecule has 0 fully saturated rings. The summed E-state index contributed by atoms with van der Waals surface area (Å²) in [7, 11) is 0. The van der Waals surface area contributed by atoms with Crippen LogP contribution in [0.2, 0.25) is 0 Å². The average Bonchev–Trinajstić information content (AvgIpc) is 2.69.